The van der Waals surface area contributed by atoms with Gasteiger partial charge in [0.05, 0.1) is 11.7 Å². The van der Waals surface area contributed by atoms with Crippen molar-refractivity contribution >= 4 is 11.8 Å². The quantitative estimate of drug-likeness (QED) is 0.461. The smallest absolute Gasteiger partial charge is 0.253 e. The molecule has 0 aliphatic heterocycles. The van der Waals surface area contributed by atoms with Gasteiger partial charge in [-0.25, -0.2) is 4.98 Å². The minimum atomic E-state index is -0.171. The van der Waals surface area contributed by atoms with Gasteiger partial charge in [0, 0.05) is 43.8 Å². The van der Waals surface area contributed by atoms with Crippen LogP contribution in [0.5, 0.6) is 0 Å². The van der Waals surface area contributed by atoms with Gasteiger partial charge in [-0.15, -0.1) is 0 Å². The van der Waals surface area contributed by atoms with Crippen molar-refractivity contribution in [2.45, 2.75) is 38.1 Å². The summed E-state index contributed by atoms with van der Waals surface area (Å²) in [6, 6.07) is 17.3. The van der Waals surface area contributed by atoms with E-state index in [1.807, 2.05) is 60.8 Å². The van der Waals surface area contributed by atoms with Gasteiger partial charge in [-0.3, -0.25) is 9.59 Å². The Bertz CT molecular complexity index is 1120. The second kappa shape index (κ2) is 11.3. The fourth-order valence-electron chi connectivity index (χ4n) is 4.74. The molecule has 3 aromatic rings. The number of aromatic amines is 1. The van der Waals surface area contributed by atoms with Crippen LogP contribution in [0.15, 0.2) is 60.8 Å². The number of carbonyl (C=O) groups excluding carboxylic acids is 2. The minimum Gasteiger partial charge on any atom is -0.349 e. The van der Waals surface area contributed by atoms with Crippen molar-refractivity contribution in [3.63, 3.8) is 0 Å². The van der Waals surface area contributed by atoms with E-state index in [1.165, 1.54) is 0 Å². The van der Waals surface area contributed by atoms with Crippen molar-refractivity contribution in [1.82, 2.24) is 20.2 Å². The van der Waals surface area contributed by atoms with Crippen LogP contribution in [0, 0.1) is 11.8 Å². The molecule has 35 heavy (non-hydrogen) atoms. The number of aromatic nitrogens is 2. The summed E-state index contributed by atoms with van der Waals surface area (Å²) in [6.45, 7) is 0.705. The van der Waals surface area contributed by atoms with E-state index in [0.29, 0.717) is 24.4 Å². The number of carbonyl (C=O) groups is 2. The topological polar surface area (TPSA) is 104 Å². The minimum absolute atomic E-state index is 0.0303. The number of benzene rings is 2. The first-order valence-corrected chi connectivity index (χ1v) is 12.4. The summed E-state index contributed by atoms with van der Waals surface area (Å²) in [5.74, 6) is 1.47. The van der Waals surface area contributed by atoms with E-state index in [2.05, 4.69) is 10.3 Å². The molecule has 0 bridgehead atoms. The van der Waals surface area contributed by atoms with Crippen LogP contribution >= 0.6 is 0 Å². The summed E-state index contributed by atoms with van der Waals surface area (Å²) in [6.07, 6.45) is 6.26. The zero-order chi connectivity index (χ0) is 24.8. The van der Waals surface area contributed by atoms with Crippen LogP contribution in [-0.2, 0) is 11.2 Å². The van der Waals surface area contributed by atoms with Crippen LogP contribution in [0.4, 0.5) is 0 Å². The third kappa shape index (κ3) is 6.17. The maximum atomic E-state index is 13.1. The molecule has 1 aliphatic carbocycles. The number of H-pyrrole nitrogens is 1. The Labute approximate surface area is 207 Å². The monoisotopic (exact) mass is 473 g/mol. The molecular weight excluding hydrogens is 438 g/mol. The molecular formula is C28H35N5O2. The van der Waals surface area contributed by atoms with Crippen LogP contribution in [0.1, 0.15) is 53.5 Å². The van der Waals surface area contributed by atoms with E-state index in [1.54, 1.807) is 19.0 Å². The van der Waals surface area contributed by atoms with Gasteiger partial charge < -0.3 is 20.9 Å². The fourth-order valence-corrected chi connectivity index (χ4v) is 4.74. The number of rotatable bonds is 8. The molecule has 0 saturated heterocycles. The maximum Gasteiger partial charge on any atom is 0.253 e. The van der Waals surface area contributed by atoms with Crippen LogP contribution in [0.2, 0.25) is 0 Å². The molecule has 1 fully saturated rings. The van der Waals surface area contributed by atoms with Crippen LogP contribution in [-0.4, -0.2) is 47.3 Å². The first kappa shape index (κ1) is 24.7. The van der Waals surface area contributed by atoms with Gasteiger partial charge in [-0.1, -0.05) is 42.5 Å². The normalized spacial score (nSPS) is 18.6. The predicted molar refractivity (Wildman–Crippen MR) is 138 cm³/mol. The number of hydrogen-bond donors (Lipinski definition) is 3. The Hall–Kier alpha value is -3.45. The van der Waals surface area contributed by atoms with E-state index in [0.717, 1.165) is 48.3 Å². The standard InChI is InChI=1S/C28H35N5O2/c1-33(2)28(35)23-14-12-21(13-15-23)25-18-30-26(31-25)16-24(20-6-4-3-5-7-20)32-27(34)22-10-8-19(17-29)9-11-22/h3-7,12-15,18-19,22,24H,8-11,16-17,29H2,1-2H3,(H,30,31)(H,32,34). The molecule has 1 aliphatic rings. The van der Waals surface area contributed by atoms with E-state index in [9.17, 15) is 9.59 Å². The molecule has 1 heterocycles. The third-order valence-electron chi connectivity index (χ3n) is 6.93. The van der Waals surface area contributed by atoms with Gasteiger partial charge in [-0.05, 0) is 55.8 Å². The lowest BCUT2D eigenvalue weighted by atomic mass is 9.81. The Balaban J connectivity index is 1.46. The van der Waals surface area contributed by atoms with Gasteiger partial charge in [-0.2, -0.15) is 0 Å². The Kier molecular flexibility index (Phi) is 7.98. The van der Waals surface area contributed by atoms with E-state index < -0.39 is 0 Å². The molecule has 2 aromatic carbocycles. The molecule has 184 valence electrons. The summed E-state index contributed by atoms with van der Waals surface area (Å²) < 4.78 is 0. The first-order valence-electron chi connectivity index (χ1n) is 12.4. The van der Waals surface area contributed by atoms with E-state index in [4.69, 9.17) is 10.7 Å². The number of nitrogens with one attached hydrogen (secondary N) is 2. The molecule has 0 spiro atoms. The lowest BCUT2D eigenvalue weighted by molar-refractivity contribution is -0.127. The zero-order valence-corrected chi connectivity index (χ0v) is 20.5. The number of hydrogen-bond acceptors (Lipinski definition) is 4. The summed E-state index contributed by atoms with van der Waals surface area (Å²) in [5.41, 5.74) is 9.25. The van der Waals surface area contributed by atoms with Crippen LogP contribution < -0.4 is 11.1 Å². The highest BCUT2D eigenvalue weighted by molar-refractivity contribution is 5.94. The molecule has 7 nitrogen and oxygen atoms in total. The average molecular weight is 474 g/mol. The highest BCUT2D eigenvalue weighted by Crippen LogP contribution is 2.29. The molecule has 1 unspecified atom stereocenters. The molecule has 1 aromatic heterocycles. The van der Waals surface area contributed by atoms with Crippen molar-refractivity contribution in [1.29, 1.82) is 0 Å². The highest BCUT2D eigenvalue weighted by atomic mass is 16.2. The lowest BCUT2D eigenvalue weighted by Gasteiger charge is -2.28. The highest BCUT2D eigenvalue weighted by Gasteiger charge is 2.28. The summed E-state index contributed by atoms with van der Waals surface area (Å²) in [5, 5.41) is 3.29. The van der Waals surface area contributed by atoms with Gasteiger partial charge in [0.2, 0.25) is 5.91 Å². The fraction of sp³-hybridized carbons (Fsp3) is 0.393. The van der Waals surface area contributed by atoms with Gasteiger partial charge in [0.25, 0.3) is 5.91 Å². The Morgan fingerprint density at radius 2 is 1.74 bits per heavy atom. The van der Waals surface area contributed by atoms with Crippen LogP contribution in [0.3, 0.4) is 0 Å². The molecule has 2 amide bonds. The average Bonchev–Trinajstić information content (AvgIpc) is 3.37. The largest absolute Gasteiger partial charge is 0.349 e. The van der Waals surface area contributed by atoms with Gasteiger partial charge in [0.1, 0.15) is 5.82 Å². The Morgan fingerprint density at radius 1 is 1.06 bits per heavy atom. The van der Waals surface area contributed by atoms with Crippen molar-refractivity contribution in [2.24, 2.45) is 17.6 Å². The van der Waals surface area contributed by atoms with E-state index >= 15 is 0 Å². The third-order valence-corrected chi connectivity index (χ3v) is 6.93. The van der Waals surface area contributed by atoms with Crippen molar-refractivity contribution < 1.29 is 9.59 Å². The summed E-state index contributed by atoms with van der Waals surface area (Å²) >= 11 is 0. The summed E-state index contributed by atoms with van der Waals surface area (Å²) in [4.78, 5) is 34.9. The van der Waals surface area contributed by atoms with Gasteiger partial charge >= 0.3 is 0 Å². The molecule has 4 N–H and O–H groups in total. The first-order chi connectivity index (χ1) is 16.9. The van der Waals surface area contributed by atoms with Crippen LogP contribution in [0.25, 0.3) is 11.3 Å². The van der Waals surface area contributed by atoms with Gasteiger partial charge in [0.15, 0.2) is 0 Å². The SMILES string of the molecule is CN(C)C(=O)c1ccc(-c2c[nH]c(CC(NC(=O)C3CCC(CN)CC3)c3ccccc3)n2)cc1. The van der Waals surface area contributed by atoms with Crippen molar-refractivity contribution in [3.8, 4) is 11.3 Å². The van der Waals surface area contributed by atoms with E-state index in [-0.39, 0.29) is 23.8 Å². The lowest BCUT2D eigenvalue weighted by Crippen LogP contribution is -2.37. The molecule has 7 heteroatoms. The Morgan fingerprint density at radius 3 is 2.37 bits per heavy atom. The second-order valence-corrected chi connectivity index (χ2v) is 9.64. The number of amides is 2. The number of nitrogens with zero attached hydrogens (tertiary/aromatic N) is 2. The zero-order valence-electron chi connectivity index (χ0n) is 20.5. The summed E-state index contributed by atoms with van der Waals surface area (Å²) in [7, 11) is 3.48. The number of imidazole rings is 1. The van der Waals surface area contributed by atoms with Crippen molar-refractivity contribution in [2.75, 3.05) is 20.6 Å². The van der Waals surface area contributed by atoms with Crippen molar-refractivity contribution in [3.05, 3.63) is 77.7 Å². The molecule has 1 atom stereocenters. The number of nitrogens with two attached hydrogens (primary N) is 1. The predicted octanol–water partition coefficient (Wildman–Crippen LogP) is 3.94. The second-order valence-electron chi connectivity index (χ2n) is 9.64. The molecule has 0 radical (unpaired) electrons. The maximum absolute atomic E-state index is 13.1. The molecule has 1 saturated carbocycles. The molecule has 4 rings (SSSR count).